The first-order valence-corrected chi connectivity index (χ1v) is 24.9. The van der Waals surface area contributed by atoms with Crippen molar-refractivity contribution in [3.63, 3.8) is 0 Å². The highest BCUT2D eigenvalue weighted by atomic mass is 31.2. The van der Waals surface area contributed by atoms with Crippen LogP contribution in [0.4, 0.5) is 0 Å². The van der Waals surface area contributed by atoms with E-state index in [1.807, 2.05) is 0 Å². The van der Waals surface area contributed by atoms with Crippen LogP contribution in [0.25, 0.3) is 0 Å². The van der Waals surface area contributed by atoms with Gasteiger partial charge in [0.15, 0.2) is 6.10 Å². The summed E-state index contributed by atoms with van der Waals surface area (Å²) in [6.45, 7) is 3.85. The van der Waals surface area contributed by atoms with Crippen molar-refractivity contribution in [2.45, 2.75) is 200 Å². The Bertz CT molecular complexity index is 1120. The van der Waals surface area contributed by atoms with Gasteiger partial charge in [0.1, 0.15) is 6.61 Å². The Morgan fingerprint density at radius 1 is 0.582 bits per heavy atom. The molecule has 320 valence electrons. The summed E-state index contributed by atoms with van der Waals surface area (Å²) in [6.07, 6.45) is 32.9. The highest BCUT2D eigenvalue weighted by Crippen LogP contribution is 2.55. The van der Waals surface area contributed by atoms with Crippen LogP contribution in [0.15, 0.2) is 0 Å². The maximum Gasteiger partial charge on any atom is 0.472 e. The molecule has 0 aromatic heterocycles. The molecule has 4 saturated carbocycles. The van der Waals surface area contributed by atoms with Crippen LogP contribution in [0.5, 0.6) is 0 Å². The first kappa shape index (κ1) is 46.7. The molecule has 0 aromatic carbocycles. The molecule has 10 heteroatoms. The number of phosphoric ester groups is 1. The zero-order valence-corrected chi connectivity index (χ0v) is 36.0. The maximum atomic E-state index is 12.7. The molecule has 0 amide bonds. The summed E-state index contributed by atoms with van der Waals surface area (Å²) >= 11 is 0. The third-order valence-corrected chi connectivity index (χ3v) is 14.3. The van der Waals surface area contributed by atoms with Crippen LogP contribution in [0.3, 0.4) is 0 Å². The molecule has 0 saturated heterocycles. The van der Waals surface area contributed by atoms with Crippen LogP contribution in [-0.4, -0.2) is 49.3 Å². The van der Waals surface area contributed by atoms with Crippen molar-refractivity contribution < 1.29 is 37.6 Å². The molecule has 3 N–H and O–H groups in total. The number of carbonyl (C=O) groups excluding carboxylic acids is 2. The van der Waals surface area contributed by atoms with E-state index < -0.39 is 26.5 Å². The Balaban J connectivity index is 0.985. The van der Waals surface area contributed by atoms with Gasteiger partial charge in [-0.05, 0) is 98.7 Å². The van der Waals surface area contributed by atoms with E-state index in [1.54, 1.807) is 0 Å². The lowest BCUT2D eigenvalue weighted by Crippen LogP contribution is -2.29. The van der Waals surface area contributed by atoms with Crippen molar-refractivity contribution in [3.8, 4) is 0 Å². The second kappa shape index (κ2) is 26.2. The first-order chi connectivity index (χ1) is 26.7. The van der Waals surface area contributed by atoms with Crippen LogP contribution in [0.2, 0.25) is 0 Å². The second-order valence-corrected chi connectivity index (χ2v) is 19.7. The zero-order chi connectivity index (χ0) is 39.3. The van der Waals surface area contributed by atoms with Crippen molar-refractivity contribution in [2.75, 3.05) is 26.4 Å². The topological polar surface area (TPSA) is 134 Å². The molecule has 4 aliphatic rings. The summed E-state index contributed by atoms with van der Waals surface area (Å²) in [5, 5.41) is 0. The number of ether oxygens (including phenoxy) is 2. The summed E-state index contributed by atoms with van der Waals surface area (Å²) in [4.78, 5) is 35.1. The van der Waals surface area contributed by atoms with Crippen LogP contribution >= 0.6 is 7.82 Å². The number of hydrogen-bond acceptors (Lipinski definition) is 8. The van der Waals surface area contributed by atoms with Gasteiger partial charge >= 0.3 is 19.8 Å². The molecule has 4 aliphatic carbocycles. The van der Waals surface area contributed by atoms with Crippen LogP contribution in [-0.2, 0) is 32.7 Å². The van der Waals surface area contributed by atoms with Crippen molar-refractivity contribution >= 4 is 19.8 Å². The van der Waals surface area contributed by atoms with Crippen molar-refractivity contribution in [1.82, 2.24) is 0 Å². The van der Waals surface area contributed by atoms with Crippen molar-refractivity contribution in [2.24, 2.45) is 53.1 Å². The van der Waals surface area contributed by atoms with Gasteiger partial charge in [-0.3, -0.25) is 18.6 Å². The average molecular weight is 796 g/mol. The monoisotopic (exact) mass is 796 g/mol. The number of rotatable bonds is 37. The fraction of sp³-hybridized carbons (Fsp3) is 0.956. The smallest absolute Gasteiger partial charge is 0.462 e. The molecule has 9 nitrogen and oxygen atoms in total. The molecule has 0 aromatic rings. The van der Waals surface area contributed by atoms with Gasteiger partial charge in [0.05, 0.1) is 13.2 Å². The SMILES string of the molecule is CCCCCC1CC1CC1CC1CCCCCCCC(=O)OC[C@H](COP(=O)(O)OCCN)OC(=O)CCCCCCCC1CC1CC1CC1CCCCC. The Kier molecular flexibility index (Phi) is 22.2. The fourth-order valence-electron chi connectivity index (χ4n) is 9.31. The van der Waals surface area contributed by atoms with Gasteiger partial charge in [-0.15, -0.1) is 0 Å². The number of phosphoric acid groups is 1. The minimum Gasteiger partial charge on any atom is -0.462 e. The Hall–Kier alpha value is -0.990. The molecule has 4 fully saturated rings. The molecule has 55 heavy (non-hydrogen) atoms. The summed E-state index contributed by atoms with van der Waals surface area (Å²) in [5.41, 5.74) is 5.37. The van der Waals surface area contributed by atoms with E-state index in [9.17, 15) is 19.0 Å². The highest BCUT2D eigenvalue weighted by Gasteiger charge is 2.45. The van der Waals surface area contributed by atoms with Gasteiger partial charge in [-0.1, -0.05) is 129 Å². The Labute approximate surface area is 335 Å². The maximum absolute atomic E-state index is 12.7. The second-order valence-electron chi connectivity index (χ2n) is 18.3. The fourth-order valence-corrected chi connectivity index (χ4v) is 10.1. The molecule has 0 radical (unpaired) electrons. The lowest BCUT2D eigenvalue weighted by molar-refractivity contribution is -0.161. The van der Waals surface area contributed by atoms with E-state index in [4.69, 9.17) is 24.3 Å². The minimum absolute atomic E-state index is 0.0616. The lowest BCUT2D eigenvalue weighted by atomic mass is 10.0. The normalized spacial score (nSPS) is 28.0. The van der Waals surface area contributed by atoms with Gasteiger partial charge in [0, 0.05) is 19.4 Å². The largest absolute Gasteiger partial charge is 0.472 e. The number of nitrogens with two attached hydrogens (primary N) is 1. The zero-order valence-electron chi connectivity index (χ0n) is 35.2. The van der Waals surface area contributed by atoms with E-state index in [0.29, 0.717) is 6.42 Å². The van der Waals surface area contributed by atoms with Gasteiger partial charge in [-0.25, -0.2) is 4.57 Å². The summed E-state index contributed by atoms with van der Waals surface area (Å²) in [5.74, 6) is 7.25. The quantitative estimate of drug-likeness (QED) is 0.0358. The molecule has 0 bridgehead atoms. The number of carbonyl (C=O) groups is 2. The molecule has 0 aliphatic heterocycles. The Morgan fingerprint density at radius 3 is 1.45 bits per heavy atom. The molecular formula is C45H82NO8P. The summed E-state index contributed by atoms with van der Waals surface area (Å²) in [6, 6.07) is 0. The molecule has 4 rings (SSSR count). The van der Waals surface area contributed by atoms with E-state index in [0.717, 1.165) is 85.9 Å². The molecule has 9 unspecified atom stereocenters. The van der Waals surface area contributed by atoms with E-state index >= 15 is 0 Å². The van der Waals surface area contributed by atoms with E-state index in [1.165, 1.54) is 128 Å². The van der Waals surface area contributed by atoms with Crippen LogP contribution in [0.1, 0.15) is 194 Å². The van der Waals surface area contributed by atoms with Gasteiger partial charge in [-0.2, -0.15) is 0 Å². The Morgan fingerprint density at radius 2 is 1.00 bits per heavy atom. The molecule has 0 spiro atoms. The molecule has 0 heterocycles. The average Bonchev–Trinajstić information content (AvgIpc) is 3.99. The number of hydrogen-bond donors (Lipinski definition) is 2. The first-order valence-electron chi connectivity index (χ1n) is 23.4. The standard InChI is InChI=1S/C45H82NO8P/c1-3-5-13-19-35-27-39(35)31-41-29-37(41)21-15-9-7-11-17-23-44(47)51-33-43(34-53-55(49,50)52-26-25-46)54-45(48)24-18-12-8-10-16-22-38-30-42(38)32-40-28-36(40)20-14-6-4-2/h35-43H,3-34,46H2,1-2H3,(H,49,50)/t35?,36?,37?,38?,39?,40?,41?,42?,43-/m1/s1. The lowest BCUT2D eigenvalue weighted by Gasteiger charge is -2.19. The van der Waals surface area contributed by atoms with E-state index in [2.05, 4.69) is 13.8 Å². The van der Waals surface area contributed by atoms with Gasteiger partial charge in [0.2, 0.25) is 0 Å². The minimum atomic E-state index is -4.37. The summed E-state index contributed by atoms with van der Waals surface area (Å²) in [7, 11) is -4.37. The van der Waals surface area contributed by atoms with E-state index in [-0.39, 0.29) is 32.1 Å². The van der Waals surface area contributed by atoms with Crippen LogP contribution in [0, 0.1) is 47.3 Å². The van der Waals surface area contributed by atoms with Gasteiger partial charge < -0.3 is 20.1 Å². The third kappa shape index (κ3) is 21.0. The molecule has 10 atom stereocenters. The molecular weight excluding hydrogens is 713 g/mol. The number of unbranched alkanes of at least 4 members (excludes halogenated alkanes) is 12. The van der Waals surface area contributed by atoms with Gasteiger partial charge in [0.25, 0.3) is 0 Å². The van der Waals surface area contributed by atoms with Crippen molar-refractivity contribution in [1.29, 1.82) is 0 Å². The third-order valence-electron chi connectivity index (χ3n) is 13.3. The predicted octanol–water partition coefficient (Wildman–Crippen LogP) is 11.5. The van der Waals surface area contributed by atoms with Crippen LogP contribution < -0.4 is 5.73 Å². The number of esters is 2. The van der Waals surface area contributed by atoms with Crippen molar-refractivity contribution in [3.05, 3.63) is 0 Å². The highest BCUT2D eigenvalue weighted by molar-refractivity contribution is 7.47. The predicted molar refractivity (Wildman–Crippen MR) is 220 cm³/mol. The summed E-state index contributed by atoms with van der Waals surface area (Å²) < 4.78 is 33.0.